The summed E-state index contributed by atoms with van der Waals surface area (Å²) in [6, 6.07) is 1.32. The van der Waals surface area contributed by atoms with Crippen LogP contribution in [0.2, 0.25) is 0 Å². The van der Waals surface area contributed by atoms with E-state index in [-0.39, 0.29) is 12.1 Å². The van der Waals surface area contributed by atoms with Gasteiger partial charge >= 0.3 is 0 Å². The lowest BCUT2D eigenvalue weighted by atomic mass is 10.1. The summed E-state index contributed by atoms with van der Waals surface area (Å²) in [6.07, 6.45) is 6.50. The number of amidine groups is 1. The number of hydrogen-bond acceptors (Lipinski definition) is 2. The first-order valence-electron chi connectivity index (χ1n) is 7.46. The summed E-state index contributed by atoms with van der Waals surface area (Å²) in [4.78, 5) is 4.48. The van der Waals surface area contributed by atoms with Crippen molar-refractivity contribution in [3.8, 4) is 0 Å². The molecule has 108 valence electrons. The molecule has 0 heterocycles. The van der Waals surface area contributed by atoms with Crippen molar-refractivity contribution in [2.75, 3.05) is 0 Å². The summed E-state index contributed by atoms with van der Waals surface area (Å²) in [5, 5.41) is 3.27. The minimum atomic E-state index is 0.241. The monoisotopic (exact) mass is 256 g/mol. The average Bonchev–Trinajstić information content (AvgIpc) is 2.22. The zero-order valence-electron chi connectivity index (χ0n) is 13.1. The minimum absolute atomic E-state index is 0.241. The Hall–Kier alpha value is -0.730. The van der Waals surface area contributed by atoms with Gasteiger partial charge in [-0.25, -0.2) is 4.99 Å². The zero-order valence-corrected chi connectivity index (χ0v) is 13.1. The summed E-state index contributed by atoms with van der Waals surface area (Å²) in [5.41, 5.74) is 0. The van der Waals surface area contributed by atoms with Crippen molar-refractivity contribution in [1.82, 2.24) is 5.32 Å². The van der Waals surface area contributed by atoms with Gasteiger partial charge in [-0.2, -0.15) is 0 Å². The molecule has 18 heavy (non-hydrogen) atoms. The molecule has 0 saturated heterocycles. The number of unbranched alkanes of at least 4 members (excludes halogenated alkanes) is 3. The molecule has 0 aromatic carbocycles. The number of ether oxygens (including phenoxy) is 1. The molecule has 0 spiro atoms. The fourth-order valence-electron chi connectivity index (χ4n) is 1.69. The lowest BCUT2D eigenvalue weighted by molar-refractivity contribution is 0.180. The maximum absolute atomic E-state index is 5.89. The van der Waals surface area contributed by atoms with E-state index in [1.807, 2.05) is 0 Å². The third-order valence-corrected chi connectivity index (χ3v) is 2.56. The van der Waals surface area contributed by atoms with Crippen LogP contribution >= 0.6 is 0 Å². The molecule has 1 atom stereocenters. The molecule has 0 rings (SSSR count). The van der Waals surface area contributed by atoms with Crippen molar-refractivity contribution < 1.29 is 4.74 Å². The smallest absolute Gasteiger partial charge is 0.285 e. The van der Waals surface area contributed by atoms with E-state index in [9.17, 15) is 0 Å². The van der Waals surface area contributed by atoms with Crippen LogP contribution in [0.25, 0.3) is 0 Å². The van der Waals surface area contributed by atoms with Gasteiger partial charge in [0.2, 0.25) is 0 Å². The average molecular weight is 256 g/mol. The summed E-state index contributed by atoms with van der Waals surface area (Å²) in [6.45, 7) is 12.7. The van der Waals surface area contributed by atoms with Crippen LogP contribution in [0, 0.1) is 0 Å². The normalized spacial score (nSPS) is 14.1. The molecule has 0 aromatic rings. The second-order valence-electron chi connectivity index (χ2n) is 5.60. The molecular weight excluding hydrogens is 224 g/mol. The topological polar surface area (TPSA) is 33.6 Å². The van der Waals surface area contributed by atoms with Crippen LogP contribution in [0.1, 0.15) is 73.6 Å². The summed E-state index contributed by atoms with van der Waals surface area (Å²) in [5.74, 6) is 0. The number of hydrogen-bond donors (Lipinski definition) is 1. The highest BCUT2D eigenvalue weighted by Gasteiger charge is 2.09. The molecule has 0 unspecified atom stereocenters. The van der Waals surface area contributed by atoms with Crippen molar-refractivity contribution in [1.29, 1.82) is 0 Å². The quantitative estimate of drug-likeness (QED) is 0.402. The predicted molar refractivity (Wildman–Crippen MR) is 80.1 cm³/mol. The Labute approximate surface area is 113 Å². The standard InChI is InChI=1S/C15H32N2O/c1-7-8-9-10-11-14(6)18-15(16-12(2)3)17-13(4)5/h12-14H,7-11H2,1-6H3,(H,16,17)/t14-/m1/s1. The predicted octanol–water partition coefficient (Wildman–Crippen LogP) is 4.12. The van der Waals surface area contributed by atoms with Crippen LogP contribution in [-0.4, -0.2) is 24.2 Å². The van der Waals surface area contributed by atoms with Gasteiger partial charge in [0.15, 0.2) is 0 Å². The Morgan fingerprint density at radius 2 is 1.72 bits per heavy atom. The Kier molecular flexibility index (Phi) is 9.80. The second kappa shape index (κ2) is 10.2. The van der Waals surface area contributed by atoms with Crippen molar-refractivity contribution in [3.05, 3.63) is 0 Å². The summed E-state index contributed by atoms with van der Waals surface area (Å²) >= 11 is 0. The molecule has 0 aromatic heterocycles. The van der Waals surface area contributed by atoms with Gasteiger partial charge in [-0.3, -0.25) is 0 Å². The molecule has 1 N–H and O–H groups in total. The first kappa shape index (κ1) is 17.3. The summed E-state index contributed by atoms with van der Waals surface area (Å²) < 4.78 is 5.89. The van der Waals surface area contributed by atoms with E-state index in [1.165, 1.54) is 25.7 Å². The largest absolute Gasteiger partial charge is 0.462 e. The van der Waals surface area contributed by atoms with Gasteiger partial charge in [0.1, 0.15) is 0 Å². The van der Waals surface area contributed by atoms with E-state index in [2.05, 4.69) is 51.9 Å². The van der Waals surface area contributed by atoms with Crippen molar-refractivity contribution >= 4 is 6.02 Å². The second-order valence-corrected chi connectivity index (χ2v) is 5.60. The lowest BCUT2D eigenvalue weighted by Gasteiger charge is -2.19. The first-order chi connectivity index (χ1) is 8.45. The molecule has 3 nitrogen and oxygen atoms in total. The first-order valence-corrected chi connectivity index (χ1v) is 7.46. The van der Waals surface area contributed by atoms with Crippen LogP contribution in [0.5, 0.6) is 0 Å². The molecule has 3 heteroatoms. The van der Waals surface area contributed by atoms with Crippen molar-refractivity contribution in [2.45, 2.75) is 91.8 Å². The molecule has 0 radical (unpaired) electrons. The zero-order chi connectivity index (χ0) is 14.0. The number of aliphatic imine (C=N–C) groups is 1. The SMILES string of the molecule is CCCCCC[C@@H](C)OC(=NC(C)C)NC(C)C. The lowest BCUT2D eigenvalue weighted by Crippen LogP contribution is -2.35. The Morgan fingerprint density at radius 3 is 2.22 bits per heavy atom. The van der Waals surface area contributed by atoms with Gasteiger partial charge in [0, 0.05) is 12.1 Å². The molecule has 0 fully saturated rings. The van der Waals surface area contributed by atoms with Crippen LogP contribution in [0.4, 0.5) is 0 Å². The molecule has 0 aliphatic rings. The number of nitrogens with one attached hydrogen (secondary N) is 1. The highest BCUT2D eigenvalue weighted by atomic mass is 16.5. The molecule has 0 bridgehead atoms. The van der Waals surface area contributed by atoms with Crippen molar-refractivity contribution in [3.63, 3.8) is 0 Å². The van der Waals surface area contributed by atoms with Crippen LogP contribution in [-0.2, 0) is 4.74 Å². The van der Waals surface area contributed by atoms with E-state index in [1.54, 1.807) is 0 Å². The molecule has 0 saturated carbocycles. The third-order valence-electron chi connectivity index (χ3n) is 2.56. The Balaban J connectivity index is 4.06. The van der Waals surface area contributed by atoms with Gasteiger partial charge in [-0.1, -0.05) is 26.2 Å². The molecule has 0 aliphatic heterocycles. The van der Waals surface area contributed by atoms with E-state index < -0.39 is 0 Å². The number of nitrogens with zero attached hydrogens (tertiary/aromatic N) is 1. The van der Waals surface area contributed by atoms with Gasteiger partial charge in [0.25, 0.3) is 6.02 Å². The highest BCUT2D eigenvalue weighted by molar-refractivity contribution is 5.74. The van der Waals surface area contributed by atoms with E-state index in [0.29, 0.717) is 12.1 Å². The fraction of sp³-hybridized carbons (Fsp3) is 0.933. The maximum Gasteiger partial charge on any atom is 0.285 e. The van der Waals surface area contributed by atoms with Crippen LogP contribution in [0.3, 0.4) is 0 Å². The van der Waals surface area contributed by atoms with Crippen LogP contribution in [0.15, 0.2) is 4.99 Å². The fourth-order valence-corrected chi connectivity index (χ4v) is 1.69. The third kappa shape index (κ3) is 10.4. The Bertz CT molecular complexity index is 225. The van der Waals surface area contributed by atoms with Crippen molar-refractivity contribution in [2.24, 2.45) is 4.99 Å². The van der Waals surface area contributed by atoms with Crippen LogP contribution < -0.4 is 5.32 Å². The minimum Gasteiger partial charge on any atom is -0.462 e. The molecule has 0 amide bonds. The highest BCUT2D eigenvalue weighted by Crippen LogP contribution is 2.08. The van der Waals surface area contributed by atoms with Gasteiger partial charge in [-0.15, -0.1) is 0 Å². The van der Waals surface area contributed by atoms with Gasteiger partial charge in [0.05, 0.1) is 6.10 Å². The summed E-state index contributed by atoms with van der Waals surface area (Å²) in [7, 11) is 0. The molecular formula is C15H32N2O. The van der Waals surface area contributed by atoms with E-state index in [0.717, 1.165) is 6.42 Å². The number of rotatable bonds is 8. The molecule has 0 aliphatic carbocycles. The van der Waals surface area contributed by atoms with Gasteiger partial charge in [-0.05, 0) is 47.5 Å². The van der Waals surface area contributed by atoms with E-state index in [4.69, 9.17) is 4.74 Å². The maximum atomic E-state index is 5.89. The Morgan fingerprint density at radius 1 is 1.06 bits per heavy atom. The van der Waals surface area contributed by atoms with Gasteiger partial charge < -0.3 is 10.1 Å². The van der Waals surface area contributed by atoms with E-state index >= 15 is 0 Å².